The van der Waals surface area contributed by atoms with Gasteiger partial charge in [0.15, 0.2) is 0 Å². The Morgan fingerprint density at radius 3 is 2.85 bits per heavy atom. The molecule has 1 heterocycles. The van der Waals surface area contributed by atoms with E-state index in [0.717, 1.165) is 36.3 Å². The van der Waals surface area contributed by atoms with Gasteiger partial charge in [-0.05, 0) is 43.7 Å². The lowest BCUT2D eigenvalue weighted by Crippen LogP contribution is -2.35. The summed E-state index contributed by atoms with van der Waals surface area (Å²) >= 11 is 0. The molecule has 0 unspecified atom stereocenters. The van der Waals surface area contributed by atoms with Crippen LogP contribution in [0.25, 0.3) is 0 Å². The lowest BCUT2D eigenvalue weighted by molar-refractivity contribution is -0.119. The summed E-state index contributed by atoms with van der Waals surface area (Å²) in [6.45, 7) is 3.10. The summed E-state index contributed by atoms with van der Waals surface area (Å²) in [6, 6.07) is 5.75. The number of carbonyl (C=O) groups excluding carboxylic acids is 2. The number of hydrogen-bond acceptors (Lipinski definition) is 3. The van der Waals surface area contributed by atoms with Crippen molar-refractivity contribution in [3.05, 3.63) is 23.8 Å². The van der Waals surface area contributed by atoms with Crippen molar-refractivity contribution in [3.63, 3.8) is 0 Å². The van der Waals surface area contributed by atoms with Gasteiger partial charge >= 0.3 is 0 Å². The third kappa shape index (κ3) is 3.17. The molecule has 0 spiro atoms. The first-order valence-corrected chi connectivity index (χ1v) is 7.03. The van der Waals surface area contributed by atoms with Gasteiger partial charge in [0, 0.05) is 24.3 Å². The lowest BCUT2D eigenvalue weighted by Gasteiger charge is -2.29. The van der Waals surface area contributed by atoms with Crippen molar-refractivity contribution in [2.75, 3.05) is 30.4 Å². The molecule has 0 aromatic heterocycles. The second-order valence-electron chi connectivity index (χ2n) is 4.97. The van der Waals surface area contributed by atoms with Gasteiger partial charge in [0.25, 0.3) is 0 Å². The Kier molecular flexibility index (Phi) is 4.74. The maximum atomic E-state index is 11.9. The Labute approximate surface area is 119 Å². The van der Waals surface area contributed by atoms with Crippen LogP contribution in [0.4, 0.5) is 11.4 Å². The molecule has 1 aliphatic heterocycles. The number of likely N-dealkylation sites (N-methyl/N-ethyl adjacent to an activating group) is 1. The molecule has 0 atom stereocenters. The van der Waals surface area contributed by atoms with Crippen LogP contribution >= 0.6 is 0 Å². The van der Waals surface area contributed by atoms with Crippen LogP contribution in [-0.2, 0) is 16.0 Å². The highest BCUT2D eigenvalue weighted by Crippen LogP contribution is 2.30. The molecule has 20 heavy (non-hydrogen) atoms. The standard InChI is InChI=1S/C15H21N3O2/c1-3-8-18-13-6-5-12(17-14(19)10-16-2)9-11(13)4-7-15(18)20/h5-6,9,16H,3-4,7-8,10H2,1-2H3,(H,17,19). The third-order valence-corrected chi connectivity index (χ3v) is 3.35. The van der Waals surface area contributed by atoms with Gasteiger partial charge < -0.3 is 15.5 Å². The first-order chi connectivity index (χ1) is 9.65. The van der Waals surface area contributed by atoms with E-state index in [0.29, 0.717) is 6.42 Å². The first-order valence-electron chi connectivity index (χ1n) is 7.03. The van der Waals surface area contributed by atoms with E-state index in [1.807, 2.05) is 23.1 Å². The van der Waals surface area contributed by atoms with Gasteiger partial charge in [-0.2, -0.15) is 0 Å². The predicted octanol–water partition coefficient (Wildman–Crippen LogP) is 1.53. The number of rotatable bonds is 5. The van der Waals surface area contributed by atoms with Crippen molar-refractivity contribution in [2.24, 2.45) is 0 Å². The van der Waals surface area contributed by atoms with Gasteiger partial charge in [0.1, 0.15) is 0 Å². The van der Waals surface area contributed by atoms with E-state index >= 15 is 0 Å². The average molecular weight is 275 g/mol. The van der Waals surface area contributed by atoms with Crippen molar-refractivity contribution in [1.29, 1.82) is 0 Å². The molecule has 2 rings (SSSR count). The minimum absolute atomic E-state index is 0.0650. The quantitative estimate of drug-likeness (QED) is 0.856. The van der Waals surface area contributed by atoms with Gasteiger partial charge in [-0.1, -0.05) is 6.92 Å². The number of nitrogens with zero attached hydrogens (tertiary/aromatic N) is 1. The van der Waals surface area contributed by atoms with Gasteiger partial charge in [-0.25, -0.2) is 0 Å². The van der Waals surface area contributed by atoms with E-state index < -0.39 is 0 Å². The van der Waals surface area contributed by atoms with Crippen LogP contribution < -0.4 is 15.5 Å². The Bertz CT molecular complexity index is 514. The van der Waals surface area contributed by atoms with E-state index in [4.69, 9.17) is 0 Å². The summed E-state index contributed by atoms with van der Waals surface area (Å²) in [5, 5.41) is 5.66. The van der Waals surface area contributed by atoms with Crippen LogP contribution in [0.3, 0.4) is 0 Å². The molecule has 2 N–H and O–H groups in total. The van der Waals surface area contributed by atoms with Gasteiger partial charge in [-0.15, -0.1) is 0 Å². The van der Waals surface area contributed by atoms with Crippen molar-refractivity contribution >= 4 is 23.2 Å². The van der Waals surface area contributed by atoms with Gasteiger partial charge in [-0.3, -0.25) is 9.59 Å². The maximum absolute atomic E-state index is 11.9. The number of amides is 2. The molecule has 1 aromatic rings. The van der Waals surface area contributed by atoms with Crippen LogP contribution in [-0.4, -0.2) is 32.0 Å². The Hall–Kier alpha value is -1.88. The lowest BCUT2D eigenvalue weighted by atomic mass is 10.00. The molecule has 2 amide bonds. The Balaban J connectivity index is 2.19. The number of hydrogen-bond donors (Lipinski definition) is 2. The van der Waals surface area contributed by atoms with Crippen LogP contribution in [0.15, 0.2) is 18.2 Å². The highest BCUT2D eigenvalue weighted by molar-refractivity contribution is 5.97. The Morgan fingerprint density at radius 2 is 2.15 bits per heavy atom. The van der Waals surface area contributed by atoms with Crippen molar-refractivity contribution in [3.8, 4) is 0 Å². The van der Waals surface area contributed by atoms with E-state index in [2.05, 4.69) is 17.6 Å². The number of fused-ring (bicyclic) bond motifs is 1. The molecular weight excluding hydrogens is 254 g/mol. The van der Waals surface area contributed by atoms with Gasteiger partial charge in [0.2, 0.25) is 11.8 Å². The fourth-order valence-corrected chi connectivity index (χ4v) is 2.47. The largest absolute Gasteiger partial charge is 0.325 e. The normalized spacial score (nSPS) is 14.1. The maximum Gasteiger partial charge on any atom is 0.238 e. The van der Waals surface area contributed by atoms with E-state index in [9.17, 15) is 9.59 Å². The molecule has 0 aliphatic carbocycles. The molecule has 0 fully saturated rings. The SMILES string of the molecule is CCCN1C(=O)CCc2cc(NC(=O)CNC)ccc21. The summed E-state index contributed by atoms with van der Waals surface area (Å²) < 4.78 is 0. The molecule has 0 bridgehead atoms. The van der Waals surface area contributed by atoms with Crippen LogP contribution in [0.5, 0.6) is 0 Å². The molecule has 108 valence electrons. The zero-order valence-corrected chi connectivity index (χ0v) is 12.0. The number of anilines is 2. The average Bonchev–Trinajstić information content (AvgIpc) is 2.42. The van der Waals surface area contributed by atoms with E-state index in [-0.39, 0.29) is 18.4 Å². The summed E-state index contributed by atoms with van der Waals surface area (Å²) in [5.74, 6) is 0.121. The summed E-state index contributed by atoms with van der Waals surface area (Å²) in [4.78, 5) is 25.3. The predicted molar refractivity (Wildman–Crippen MR) is 80.0 cm³/mol. The molecule has 1 aliphatic rings. The number of nitrogens with one attached hydrogen (secondary N) is 2. The zero-order valence-electron chi connectivity index (χ0n) is 12.0. The fourth-order valence-electron chi connectivity index (χ4n) is 2.47. The van der Waals surface area contributed by atoms with Crippen molar-refractivity contribution in [1.82, 2.24) is 5.32 Å². The second-order valence-corrected chi connectivity index (χ2v) is 4.97. The molecule has 0 saturated heterocycles. The molecule has 1 aromatic carbocycles. The van der Waals surface area contributed by atoms with E-state index in [1.165, 1.54) is 0 Å². The highest BCUT2D eigenvalue weighted by atomic mass is 16.2. The summed E-state index contributed by atoms with van der Waals surface area (Å²) in [7, 11) is 1.74. The second kappa shape index (κ2) is 6.52. The molecular formula is C15H21N3O2. The van der Waals surface area contributed by atoms with Crippen molar-refractivity contribution in [2.45, 2.75) is 26.2 Å². The minimum Gasteiger partial charge on any atom is -0.325 e. The fraction of sp³-hybridized carbons (Fsp3) is 0.467. The number of benzene rings is 1. The summed E-state index contributed by atoms with van der Waals surface area (Å²) in [6.07, 6.45) is 2.22. The highest BCUT2D eigenvalue weighted by Gasteiger charge is 2.23. The van der Waals surface area contributed by atoms with Crippen LogP contribution in [0.1, 0.15) is 25.3 Å². The third-order valence-electron chi connectivity index (χ3n) is 3.35. The Morgan fingerprint density at radius 1 is 1.35 bits per heavy atom. The molecule has 5 heteroatoms. The molecule has 0 saturated carbocycles. The molecule has 5 nitrogen and oxygen atoms in total. The number of aryl methyl sites for hydroxylation is 1. The summed E-state index contributed by atoms with van der Waals surface area (Å²) in [5.41, 5.74) is 2.89. The monoisotopic (exact) mass is 275 g/mol. The van der Waals surface area contributed by atoms with E-state index in [1.54, 1.807) is 7.05 Å². The first kappa shape index (κ1) is 14.5. The smallest absolute Gasteiger partial charge is 0.238 e. The number of carbonyl (C=O) groups is 2. The van der Waals surface area contributed by atoms with Crippen molar-refractivity contribution < 1.29 is 9.59 Å². The zero-order chi connectivity index (χ0) is 14.5. The minimum atomic E-state index is -0.0650. The topological polar surface area (TPSA) is 61.4 Å². The van der Waals surface area contributed by atoms with Gasteiger partial charge in [0.05, 0.1) is 6.54 Å². The molecule has 0 radical (unpaired) electrons. The van der Waals surface area contributed by atoms with Crippen LogP contribution in [0.2, 0.25) is 0 Å². The van der Waals surface area contributed by atoms with Crippen LogP contribution in [0, 0.1) is 0 Å².